The molecule has 1 fully saturated rings. The zero-order chi connectivity index (χ0) is 22.7. The van der Waals surface area contributed by atoms with Gasteiger partial charge in [0.25, 0.3) is 5.91 Å². The fourth-order valence-corrected chi connectivity index (χ4v) is 3.94. The van der Waals surface area contributed by atoms with Gasteiger partial charge >= 0.3 is 0 Å². The molecule has 0 bridgehead atoms. The Bertz CT molecular complexity index is 1110. The van der Waals surface area contributed by atoms with Gasteiger partial charge in [-0.2, -0.15) is 5.10 Å². The quantitative estimate of drug-likeness (QED) is 0.642. The first-order valence-electron chi connectivity index (χ1n) is 10.9. The highest BCUT2D eigenvalue weighted by Crippen LogP contribution is 2.24. The molecule has 1 atom stereocenters. The third kappa shape index (κ3) is 4.72. The fraction of sp³-hybridized carbons (Fsp3) is 0.320. The number of halogens is 1. The number of carbonyl (C=O) groups is 2. The van der Waals surface area contributed by atoms with Crippen LogP contribution >= 0.6 is 0 Å². The Kier molecular flexibility index (Phi) is 6.35. The molecule has 1 aliphatic rings. The van der Waals surface area contributed by atoms with Crippen LogP contribution in [0.4, 0.5) is 4.39 Å². The van der Waals surface area contributed by atoms with E-state index in [0.29, 0.717) is 37.3 Å². The van der Waals surface area contributed by atoms with Crippen LogP contribution in [0, 0.1) is 11.7 Å². The minimum atomic E-state index is -0.371. The van der Waals surface area contributed by atoms with Crippen molar-refractivity contribution in [1.29, 1.82) is 0 Å². The predicted octanol–water partition coefficient (Wildman–Crippen LogP) is 3.77. The van der Waals surface area contributed by atoms with E-state index in [9.17, 15) is 14.0 Å². The van der Waals surface area contributed by atoms with E-state index < -0.39 is 0 Å². The van der Waals surface area contributed by atoms with Crippen LogP contribution < -0.4 is 5.32 Å². The number of nitrogens with one attached hydrogen (secondary N) is 2. The van der Waals surface area contributed by atoms with Crippen molar-refractivity contribution in [3.05, 3.63) is 77.4 Å². The van der Waals surface area contributed by atoms with Gasteiger partial charge in [-0.25, -0.2) is 4.39 Å². The first kappa shape index (κ1) is 21.7. The molecule has 166 valence electrons. The summed E-state index contributed by atoms with van der Waals surface area (Å²) in [4.78, 5) is 27.3. The van der Waals surface area contributed by atoms with Crippen LogP contribution in [0.25, 0.3) is 11.1 Å². The first-order chi connectivity index (χ1) is 15.4. The van der Waals surface area contributed by atoms with Crippen LogP contribution in [0.2, 0.25) is 0 Å². The molecule has 0 unspecified atom stereocenters. The van der Waals surface area contributed by atoms with Crippen molar-refractivity contribution in [2.45, 2.75) is 26.2 Å². The maximum absolute atomic E-state index is 14.1. The Labute approximate surface area is 186 Å². The van der Waals surface area contributed by atoms with Crippen molar-refractivity contribution >= 4 is 11.8 Å². The minimum Gasteiger partial charge on any atom is -0.354 e. The zero-order valence-electron chi connectivity index (χ0n) is 18.3. The maximum Gasteiger partial charge on any atom is 0.274 e. The molecule has 0 spiro atoms. The third-order valence-electron chi connectivity index (χ3n) is 5.84. The molecule has 0 saturated carbocycles. The van der Waals surface area contributed by atoms with E-state index in [-0.39, 0.29) is 29.5 Å². The van der Waals surface area contributed by atoms with Crippen LogP contribution in [0.5, 0.6) is 0 Å². The highest BCUT2D eigenvalue weighted by atomic mass is 19.1. The lowest BCUT2D eigenvalue weighted by Gasteiger charge is -2.22. The van der Waals surface area contributed by atoms with E-state index in [1.54, 1.807) is 29.2 Å². The predicted molar refractivity (Wildman–Crippen MR) is 121 cm³/mol. The van der Waals surface area contributed by atoms with Gasteiger partial charge in [0.1, 0.15) is 11.5 Å². The van der Waals surface area contributed by atoms with E-state index in [0.717, 1.165) is 16.8 Å². The van der Waals surface area contributed by atoms with Crippen LogP contribution in [-0.4, -0.2) is 46.5 Å². The van der Waals surface area contributed by atoms with Crippen LogP contribution in [0.3, 0.4) is 0 Å². The lowest BCUT2D eigenvalue weighted by atomic mass is 9.96. The summed E-state index contributed by atoms with van der Waals surface area (Å²) in [7, 11) is 0. The average Bonchev–Trinajstić information content (AvgIpc) is 3.22. The minimum absolute atomic E-state index is 0.0663. The van der Waals surface area contributed by atoms with Crippen molar-refractivity contribution in [3.63, 3.8) is 0 Å². The van der Waals surface area contributed by atoms with E-state index in [4.69, 9.17) is 0 Å². The van der Waals surface area contributed by atoms with Gasteiger partial charge in [-0.05, 0) is 35.6 Å². The molecule has 2 N–H and O–H groups in total. The summed E-state index contributed by atoms with van der Waals surface area (Å²) in [5.74, 6) is -0.634. The number of benzene rings is 2. The number of nitrogens with zero attached hydrogens (tertiary/aromatic N) is 2. The molecule has 1 aromatic heterocycles. The molecule has 0 aliphatic carbocycles. The number of carbonyl (C=O) groups excluding carboxylic acids is 2. The average molecular weight is 435 g/mol. The van der Waals surface area contributed by atoms with Crippen molar-refractivity contribution < 1.29 is 14.0 Å². The summed E-state index contributed by atoms with van der Waals surface area (Å²) in [5, 5.41) is 9.99. The van der Waals surface area contributed by atoms with Gasteiger partial charge in [0.2, 0.25) is 5.91 Å². The Balaban J connectivity index is 1.48. The third-order valence-corrected chi connectivity index (χ3v) is 5.84. The van der Waals surface area contributed by atoms with Gasteiger partial charge in [0.15, 0.2) is 0 Å². The van der Waals surface area contributed by atoms with Gasteiger partial charge in [0.05, 0.1) is 5.92 Å². The van der Waals surface area contributed by atoms with E-state index in [2.05, 4.69) is 15.5 Å². The molecule has 2 heterocycles. The van der Waals surface area contributed by atoms with Crippen molar-refractivity contribution in [2.24, 2.45) is 5.92 Å². The fourth-order valence-electron chi connectivity index (χ4n) is 3.94. The molecule has 6 nitrogen and oxygen atoms in total. The summed E-state index contributed by atoms with van der Waals surface area (Å²) in [6.07, 6.45) is 0.491. The Morgan fingerprint density at radius 3 is 2.62 bits per heavy atom. The van der Waals surface area contributed by atoms with E-state index in [1.807, 2.05) is 38.1 Å². The van der Waals surface area contributed by atoms with E-state index >= 15 is 0 Å². The van der Waals surface area contributed by atoms with Crippen molar-refractivity contribution in [1.82, 2.24) is 20.4 Å². The number of aromatic nitrogens is 2. The number of rotatable bonds is 5. The highest BCUT2D eigenvalue weighted by Gasteiger charge is 2.29. The van der Waals surface area contributed by atoms with Gasteiger partial charge in [0, 0.05) is 30.9 Å². The molecular formula is C25H27FN4O2. The Hall–Kier alpha value is -3.48. The largest absolute Gasteiger partial charge is 0.354 e. The summed E-state index contributed by atoms with van der Waals surface area (Å²) >= 11 is 0. The van der Waals surface area contributed by atoms with Gasteiger partial charge in [-0.15, -0.1) is 0 Å². The zero-order valence-corrected chi connectivity index (χ0v) is 18.3. The van der Waals surface area contributed by atoms with Crippen LogP contribution in [-0.2, 0) is 11.2 Å². The first-order valence-corrected chi connectivity index (χ1v) is 10.9. The lowest BCUT2D eigenvalue weighted by Crippen LogP contribution is -2.37. The number of aromatic amines is 1. The maximum atomic E-state index is 14.1. The van der Waals surface area contributed by atoms with Crippen LogP contribution in [0.1, 0.15) is 41.5 Å². The Morgan fingerprint density at radius 1 is 1.19 bits per heavy atom. The molecule has 2 amide bonds. The van der Waals surface area contributed by atoms with Gasteiger partial charge in [-0.3, -0.25) is 14.7 Å². The molecule has 2 aromatic carbocycles. The normalized spacial score (nSPS) is 16.7. The Morgan fingerprint density at radius 2 is 1.94 bits per heavy atom. The molecule has 1 aliphatic heterocycles. The molecular weight excluding hydrogens is 407 g/mol. The summed E-state index contributed by atoms with van der Waals surface area (Å²) in [5.41, 5.74) is 3.57. The molecule has 0 radical (unpaired) electrons. The molecule has 4 rings (SSSR count). The smallest absolute Gasteiger partial charge is 0.274 e. The second kappa shape index (κ2) is 9.34. The lowest BCUT2D eigenvalue weighted by molar-refractivity contribution is -0.124. The summed E-state index contributed by atoms with van der Waals surface area (Å²) in [6, 6.07) is 16.0. The highest BCUT2D eigenvalue weighted by molar-refractivity contribution is 5.93. The number of amides is 2. The standard InChI is InChI=1S/C25H27FN4O2/c1-16(2)22-14-23(29-28-22)25(32)30-12-11-27-24(31)19(15-30)13-17-7-9-18(10-8-17)20-5-3-4-6-21(20)26/h3-10,14,16,19H,11-13,15H2,1-2H3,(H,27,31)(H,28,29)/t19-/m1/s1. The number of H-pyrrole nitrogens is 1. The second-order valence-corrected chi connectivity index (χ2v) is 8.48. The van der Waals surface area contributed by atoms with Crippen molar-refractivity contribution in [3.8, 4) is 11.1 Å². The SMILES string of the molecule is CC(C)c1cc(C(=O)N2CCNC(=O)[C@H](Cc3ccc(-c4ccccc4F)cc3)C2)n[nH]1. The number of hydrogen-bond donors (Lipinski definition) is 2. The topological polar surface area (TPSA) is 78.1 Å². The monoisotopic (exact) mass is 434 g/mol. The van der Waals surface area contributed by atoms with E-state index in [1.165, 1.54) is 6.07 Å². The van der Waals surface area contributed by atoms with Crippen molar-refractivity contribution in [2.75, 3.05) is 19.6 Å². The van der Waals surface area contributed by atoms with Gasteiger partial charge in [-0.1, -0.05) is 56.3 Å². The number of hydrogen-bond acceptors (Lipinski definition) is 3. The van der Waals surface area contributed by atoms with Crippen LogP contribution in [0.15, 0.2) is 54.6 Å². The molecule has 32 heavy (non-hydrogen) atoms. The molecule has 3 aromatic rings. The summed E-state index contributed by atoms with van der Waals surface area (Å²) < 4.78 is 14.1. The summed E-state index contributed by atoms with van der Waals surface area (Å²) in [6.45, 7) is 5.24. The molecule has 1 saturated heterocycles. The van der Waals surface area contributed by atoms with Gasteiger partial charge < -0.3 is 10.2 Å². The second-order valence-electron chi connectivity index (χ2n) is 8.48. The molecule has 7 heteroatoms.